The van der Waals surface area contributed by atoms with Crippen molar-refractivity contribution in [1.29, 1.82) is 0 Å². The number of aryl methyl sites for hydroxylation is 1. The van der Waals surface area contributed by atoms with E-state index in [9.17, 15) is 0 Å². The van der Waals surface area contributed by atoms with Gasteiger partial charge in [-0.1, -0.05) is 0 Å². The van der Waals surface area contributed by atoms with E-state index in [1.54, 1.807) is 0 Å². The molecule has 14 heavy (non-hydrogen) atoms. The zero-order valence-electron chi connectivity index (χ0n) is 7.78. The molecule has 0 aliphatic carbocycles. The maximum Gasteiger partial charge on any atom is 0.136 e. The third-order valence-corrected chi connectivity index (χ3v) is 2.65. The Kier molecular flexibility index (Phi) is 2.84. The predicted octanol–water partition coefficient (Wildman–Crippen LogP) is 1.99. The van der Waals surface area contributed by atoms with Gasteiger partial charge in [0.15, 0.2) is 0 Å². The van der Waals surface area contributed by atoms with Gasteiger partial charge >= 0.3 is 0 Å². The Bertz CT molecular complexity index is 436. The largest absolute Gasteiger partial charge is 0.330 e. The summed E-state index contributed by atoms with van der Waals surface area (Å²) in [7, 11) is 0. The van der Waals surface area contributed by atoms with Gasteiger partial charge in [-0.05, 0) is 47.4 Å². The van der Waals surface area contributed by atoms with Crippen molar-refractivity contribution >= 4 is 21.6 Å². The Hall–Kier alpha value is -0.870. The first kappa shape index (κ1) is 9.68. The monoisotopic (exact) mass is 253 g/mol. The van der Waals surface area contributed by atoms with Crippen molar-refractivity contribution in [2.45, 2.75) is 12.8 Å². The first-order valence-electron chi connectivity index (χ1n) is 4.63. The van der Waals surface area contributed by atoms with Crippen molar-refractivity contribution in [3.05, 3.63) is 34.7 Å². The topological polar surface area (TPSA) is 43.3 Å². The van der Waals surface area contributed by atoms with E-state index in [0.29, 0.717) is 0 Å². The van der Waals surface area contributed by atoms with Crippen LogP contribution in [0.2, 0.25) is 0 Å². The van der Waals surface area contributed by atoms with Gasteiger partial charge in [-0.2, -0.15) is 0 Å². The Morgan fingerprint density at radius 1 is 1.43 bits per heavy atom. The molecule has 0 fully saturated rings. The van der Waals surface area contributed by atoms with E-state index in [1.165, 1.54) is 5.69 Å². The fourth-order valence-electron chi connectivity index (χ4n) is 1.47. The highest BCUT2D eigenvalue weighted by Crippen LogP contribution is 2.14. The summed E-state index contributed by atoms with van der Waals surface area (Å²) in [5, 5.41) is 0. The van der Waals surface area contributed by atoms with Gasteiger partial charge in [-0.3, -0.25) is 0 Å². The molecular weight excluding hydrogens is 242 g/mol. The number of pyridine rings is 1. The Morgan fingerprint density at radius 3 is 3.07 bits per heavy atom. The maximum absolute atomic E-state index is 5.48. The first-order valence-corrected chi connectivity index (χ1v) is 5.42. The fraction of sp³-hybridized carbons (Fsp3) is 0.300. The average molecular weight is 254 g/mol. The second kappa shape index (κ2) is 4.11. The molecule has 0 aliphatic heterocycles. The summed E-state index contributed by atoms with van der Waals surface area (Å²) in [5.74, 6) is 0. The number of nitrogens with two attached hydrogens (primary N) is 1. The first-order chi connectivity index (χ1) is 6.81. The van der Waals surface area contributed by atoms with Gasteiger partial charge in [0.1, 0.15) is 5.65 Å². The zero-order valence-corrected chi connectivity index (χ0v) is 9.37. The molecule has 0 atom stereocenters. The molecule has 0 saturated heterocycles. The van der Waals surface area contributed by atoms with Gasteiger partial charge in [0.2, 0.25) is 0 Å². The fourth-order valence-corrected chi connectivity index (χ4v) is 1.81. The highest BCUT2D eigenvalue weighted by molar-refractivity contribution is 9.10. The van der Waals surface area contributed by atoms with Crippen LogP contribution in [0.4, 0.5) is 0 Å². The molecule has 0 unspecified atom stereocenters. The van der Waals surface area contributed by atoms with Gasteiger partial charge in [-0.25, -0.2) is 4.98 Å². The van der Waals surface area contributed by atoms with Crippen molar-refractivity contribution in [2.75, 3.05) is 6.54 Å². The smallest absolute Gasteiger partial charge is 0.136 e. The summed E-state index contributed by atoms with van der Waals surface area (Å²) in [6.45, 7) is 0.723. The Balaban J connectivity index is 2.40. The van der Waals surface area contributed by atoms with Gasteiger partial charge in [0.25, 0.3) is 0 Å². The van der Waals surface area contributed by atoms with Gasteiger partial charge < -0.3 is 10.1 Å². The molecule has 4 heteroatoms. The van der Waals surface area contributed by atoms with E-state index in [0.717, 1.165) is 29.5 Å². The van der Waals surface area contributed by atoms with Crippen LogP contribution in [0.25, 0.3) is 5.65 Å². The normalized spacial score (nSPS) is 11.0. The molecule has 0 aliphatic rings. The molecule has 0 amide bonds. The molecule has 2 heterocycles. The lowest BCUT2D eigenvalue weighted by molar-refractivity contribution is 0.802. The van der Waals surface area contributed by atoms with Gasteiger partial charge in [0, 0.05) is 22.6 Å². The lowest BCUT2D eigenvalue weighted by Crippen LogP contribution is -2.02. The molecule has 2 aromatic rings. The minimum atomic E-state index is 0.723. The van der Waals surface area contributed by atoms with Crippen LogP contribution >= 0.6 is 15.9 Å². The van der Waals surface area contributed by atoms with E-state index in [-0.39, 0.29) is 0 Å². The summed E-state index contributed by atoms with van der Waals surface area (Å²) in [6, 6.07) is 3.99. The summed E-state index contributed by atoms with van der Waals surface area (Å²) in [5.41, 5.74) is 7.68. The van der Waals surface area contributed by atoms with Crippen LogP contribution < -0.4 is 5.73 Å². The molecule has 2 aromatic heterocycles. The molecular formula is C10H12BrN3. The lowest BCUT2D eigenvalue weighted by Gasteiger charge is -2.00. The number of fused-ring (bicyclic) bond motifs is 1. The number of hydrogen-bond acceptors (Lipinski definition) is 2. The third-order valence-electron chi connectivity index (χ3n) is 2.18. The predicted molar refractivity (Wildman–Crippen MR) is 60.3 cm³/mol. The van der Waals surface area contributed by atoms with E-state index >= 15 is 0 Å². The van der Waals surface area contributed by atoms with Crippen molar-refractivity contribution in [3.8, 4) is 0 Å². The second-order valence-corrected chi connectivity index (χ2v) is 4.13. The summed E-state index contributed by atoms with van der Waals surface area (Å²) >= 11 is 3.45. The van der Waals surface area contributed by atoms with Crippen molar-refractivity contribution in [1.82, 2.24) is 9.38 Å². The van der Waals surface area contributed by atoms with Crippen LogP contribution in [-0.4, -0.2) is 15.9 Å². The van der Waals surface area contributed by atoms with Gasteiger partial charge in [-0.15, -0.1) is 0 Å². The van der Waals surface area contributed by atoms with Crippen LogP contribution in [0.5, 0.6) is 0 Å². The Morgan fingerprint density at radius 2 is 2.29 bits per heavy atom. The van der Waals surface area contributed by atoms with Crippen LogP contribution in [0.3, 0.4) is 0 Å². The molecule has 0 saturated carbocycles. The molecule has 3 nitrogen and oxygen atoms in total. The number of imidazole rings is 1. The molecule has 0 bridgehead atoms. The average Bonchev–Trinajstić information content (AvgIpc) is 2.57. The maximum atomic E-state index is 5.48. The van der Waals surface area contributed by atoms with Crippen LogP contribution in [0.1, 0.15) is 12.1 Å². The van der Waals surface area contributed by atoms with Crippen molar-refractivity contribution in [2.24, 2.45) is 5.73 Å². The van der Waals surface area contributed by atoms with E-state index in [1.807, 2.05) is 24.5 Å². The van der Waals surface area contributed by atoms with E-state index in [2.05, 4.69) is 25.3 Å². The Labute approximate surface area is 91.1 Å². The molecule has 0 radical (unpaired) electrons. The molecule has 0 spiro atoms. The number of aromatic nitrogens is 2. The van der Waals surface area contributed by atoms with Gasteiger partial charge in [0.05, 0.1) is 0 Å². The molecule has 0 aromatic carbocycles. The standard InChI is InChI=1S/C10H12BrN3/c11-8-3-4-10-13-6-9(2-1-5-12)14(10)7-8/h3-4,6-7H,1-2,5,12H2. The van der Waals surface area contributed by atoms with Crippen molar-refractivity contribution in [3.63, 3.8) is 0 Å². The number of nitrogens with zero attached hydrogens (tertiary/aromatic N) is 2. The molecule has 2 N–H and O–H groups in total. The molecule has 2 rings (SSSR count). The van der Waals surface area contributed by atoms with E-state index < -0.39 is 0 Å². The number of hydrogen-bond donors (Lipinski definition) is 1. The second-order valence-electron chi connectivity index (χ2n) is 3.22. The van der Waals surface area contributed by atoms with Crippen LogP contribution in [0, 0.1) is 0 Å². The van der Waals surface area contributed by atoms with Crippen LogP contribution in [-0.2, 0) is 6.42 Å². The quantitative estimate of drug-likeness (QED) is 0.910. The highest BCUT2D eigenvalue weighted by atomic mass is 79.9. The van der Waals surface area contributed by atoms with Crippen LogP contribution in [0.15, 0.2) is 29.0 Å². The minimum absolute atomic E-state index is 0.723. The van der Waals surface area contributed by atoms with E-state index in [4.69, 9.17) is 5.73 Å². The minimum Gasteiger partial charge on any atom is -0.330 e. The summed E-state index contributed by atoms with van der Waals surface area (Å²) in [4.78, 5) is 4.31. The third kappa shape index (κ3) is 1.81. The highest BCUT2D eigenvalue weighted by Gasteiger charge is 2.02. The van der Waals surface area contributed by atoms with Crippen molar-refractivity contribution < 1.29 is 0 Å². The summed E-state index contributed by atoms with van der Waals surface area (Å²) < 4.78 is 3.16. The summed E-state index contributed by atoms with van der Waals surface area (Å²) in [6.07, 6.45) is 5.93. The molecule has 74 valence electrons. The zero-order chi connectivity index (χ0) is 9.97. The number of rotatable bonds is 3. The lowest BCUT2D eigenvalue weighted by atomic mass is 10.2. The SMILES string of the molecule is NCCCc1cnc2ccc(Br)cn12. The number of halogens is 1.